The van der Waals surface area contributed by atoms with Gasteiger partial charge in [-0.3, -0.25) is 9.59 Å². The standard InChI is InChI=1S/C18H20N10O4/c19-13(15(29)30)5-11-7-21-17(23-11)27-25-9-1-2-10(4-3-9)26-28-18-22-8-12(24-18)6-14(20)16(31)32/h1-4,7-8,13-14H,5-6,19-20H2,(H,21,23)(H,22,24)(H,29,30)(H,31,32). The number of nitrogens with two attached hydrogens (primary N) is 2. The second-order valence-corrected chi connectivity index (χ2v) is 6.68. The number of aromatic nitrogens is 4. The van der Waals surface area contributed by atoms with Gasteiger partial charge in [-0.15, -0.1) is 20.5 Å². The molecule has 0 aliphatic heterocycles. The van der Waals surface area contributed by atoms with E-state index >= 15 is 0 Å². The Labute approximate surface area is 180 Å². The lowest BCUT2D eigenvalue weighted by Crippen LogP contribution is -2.32. The van der Waals surface area contributed by atoms with Gasteiger partial charge in [-0.05, 0) is 24.3 Å². The average molecular weight is 440 g/mol. The van der Waals surface area contributed by atoms with Crippen molar-refractivity contribution < 1.29 is 19.8 Å². The number of carboxylic acid groups (broad SMARTS) is 2. The van der Waals surface area contributed by atoms with Gasteiger partial charge in [0.2, 0.25) is 11.9 Å². The predicted octanol–water partition coefficient (Wildman–Crippen LogP) is 1.87. The van der Waals surface area contributed by atoms with E-state index in [2.05, 4.69) is 40.4 Å². The molecule has 0 aliphatic rings. The van der Waals surface area contributed by atoms with Gasteiger partial charge in [-0.25, -0.2) is 9.97 Å². The summed E-state index contributed by atoms with van der Waals surface area (Å²) in [6.45, 7) is 0. The quantitative estimate of drug-likeness (QED) is 0.254. The first-order chi connectivity index (χ1) is 15.3. The molecule has 2 unspecified atom stereocenters. The first-order valence-electron chi connectivity index (χ1n) is 9.28. The summed E-state index contributed by atoms with van der Waals surface area (Å²) in [4.78, 5) is 35.3. The van der Waals surface area contributed by atoms with Gasteiger partial charge in [0.05, 0.1) is 23.8 Å². The summed E-state index contributed by atoms with van der Waals surface area (Å²) in [6.07, 6.45) is 3.11. The largest absolute Gasteiger partial charge is 0.480 e. The van der Waals surface area contributed by atoms with Gasteiger partial charge in [-0.2, -0.15) is 0 Å². The van der Waals surface area contributed by atoms with Crippen molar-refractivity contribution in [1.82, 2.24) is 19.9 Å². The van der Waals surface area contributed by atoms with Gasteiger partial charge < -0.3 is 31.6 Å². The Balaban J connectivity index is 1.56. The van der Waals surface area contributed by atoms with Crippen LogP contribution in [0.4, 0.5) is 23.3 Å². The number of hydrogen-bond donors (Lipinski definition) is 6. The highest BCUT2D eigenvalue weighted by Gasteiger charge is 2.14. The predicted molar refractivity (Wildman–Crippen MR) is 111 cm³/mol. The van der Waals surface area contributed by atoms with Crippen LogP contribution in [0.25, 0.3) is 0 Å². The molecule has 0 bridgehead atoms. The van der Waals surface area contributed by atoms with E-state index in [1.54, 1.807) is 24.3 Å². The first kappa shape index (κ1) is 22.4. The van der Waals surface area contributed by atoms with Gasteiger partial charge >= 0.3 is 11.9 Å². The molecule has 14 nitrogen and oxygen atoms in total. The fraction of sp³-hybridized carbons (Fsp3) is 0.222. The lowest BCUT2D eigenvalue weighted by molar-refractivity contribution is -0.139. The Morgan fingerprint density at radius 2 is 1.16 bits per heavy atom. The van der Waals surface area contributed by atoms with E-state index in [1.807, 2.05) is 0 Å². The Morgan fingerprint density at radius 3 is 1.50 bits per heavy atom. The minimum Gasteiger partial charge on any atom is -0.480 e. The zero-order chi connectivity index (χ0) is 23.1. The number of benzene rings is 1. The summed E-state index contributed by atoms with van der Waals surface area (Å²) in [5, 5.41) is 33.7. The zero-order valence-corrected chi connectivity index (χ0v) is 16.6. The van der Waals surface area contributed by atoms with Crippen LogP contribution in [-0.4, -0.2) is 54.2 Å². The van der Waals surface area contributed by atoms with E-state index in [-0.39, 0.29) is 24.7 Å². The van der Waals surface area contributed by atoms with Crippen molar-refractivity contribution in [3.05, 3.63) is 48.0 Å². The van der Waals surface area contributed by atoms with Crippen molar-refractivity contribution >= 4 is 35.2 Å². The van der Waals surface area contributed by atoms with Crippen molar-refractivity contribution in [3.8, 4) is 0 Å². The third-order valence-corrected chi connectivity index (χ3v) is 4.11. The summed E-state index contributed by atoms with van der Waals surface area (Å²) < 4.78 is 0. The molecule has 0 amide bonds. The van der Waals surface area contributed by atoms with Gasteiger partial charge in [0.25, 0.3) is 0 Å². The van der Waals surface area contributed by atoms with Crippen molar-refractivity contribution in [2.24, 2.45) is 31.9 Å². The molecule has 2 heterocycles. The molecule has 2 aromatic heterocycles. The van der Waals surface area contributed by atoms with E-state index in [1.165, 1.54) is 12.4 Å². The number of nitrogens with one attached hydrogen (secondary N) is 2. The second kappa shape index (κ2) is 10.1. The second-order valence-electron chi connectivity index (χ2n) is 6.68. The third-order valence-electron chi connectivity index (χ3n) is 4.11. The molecule has 3 rings (SSSR count). The van der Waals surface area contributed by atoms with Crippen molar-refractivity contribution in [1.29, 1.82) is 0 Å². The lowest BCUT2D eigenvalue weighted by atomic mass is 10.2. The molecule has 3 aromatic rings. The first-order valence-corrected chi connectivity index (χ1v) is 9.28. The summed E-state index contributed by atoms with van der Waals surface area (Å²) >= 11 is 0. The van der Waals surface area contributed by atoms with E-state index in [4.69, 9.17) is 21.7 Å². The van der Waals surface area contributed by atoms with Crippen LogP contribution >= 0.6 is 0 Å². The Hall–Kier alpha value is -4.30. The maximum absolute atomic E-state index is 10.8. The van der Waals surface area contributed by atoms with Crippen molar-refractivity contribution in [2.45, 2.75) is 24.9 Å². The minimum absolute atomic E-state index is 0.0983. The van der Waals surface area contributed by atoms with Crippen LogP contribution in [0.5, 0.6) is 0 Å². The normalized spacial score (nSPS) is 13.6. The molecule has 166 valence electrons. The molecule has 2 atom stereocenters. The molecule has 0 radical (unpaired) electrons. The van der Waals surface area contributed by atoms with Crippen LogP contribution < -0.4 is 11.5 Å². The molecule has 0 spiro atoms. The molecule has 14 heteroatoms. The zero-order valence-electron chi connectivity index (χ0n) is 16.6. The number of H-pyrrole nitrogens is 2. The average Bonchev–Trinajstić information content (AvgIpc) is 3.40. The van der Waals surface area contributed by atoms with E-state index in [0.29, 0.717) is 22.8 Å². The molecule has 8 N–H and O–H groups in total. The number of rotatable bonds is 10. The summed E-state index contributed by atoms with van der Waals surface area (Å²) in [7, 11) is 0. The number of nitrogens with zero attached hydrogens (tertiary/aromatic N) is 6. The third kappa shape index (κ3) is 6.35. The van der Waals surface area contributed by atoms with Crippen LogP contribution in [-0.2, 0) is 22.4 Å². The highest BCUT2D eigenvalue weighted by molar-refractivity contribution is 5.73. The molecule has 0 fully saturated rings. The topological polar surface area (TPSA) is 233 Å². The van der Waals surface area contributed by atoms with Crippen LogP contribution in [0.3, 0.4) is 0 Å². The number of aliphatic carboxylic acids is 2. The fourth-order valence-electron chi connectivity index (χ4n) is 2.45. The van der Waals surface area contributed by atoms with E-state index in [0.717, 1.165) is 0 Å². The fourth-order valence-corrected chi connectivity index (χ4v) is 2.45. The number of hydrogen-bond acceptors (Lipinski definition) is 10. The summed E-state index contributed by atoms with van der Waals surface area (Å²) in [5.74, 6) is -1.76. The van der Waals surface area contributed by atoms with Crippen molar-refractivity contribution in [3.63, 3.8) is 0 Å². The van der Waals surface area contributed by atoms with Crippen LogP contribution in [0.2, 0.25) is 0 Å². The Morgan fingerprint density at radius 1 is 0.781 bits per heavy atom. The lowest BCUT2D eigenvalue weighted by Gasteiger charge is -2.02. The monoisotopic (exact) mass is 440 g/mol. The van der Waals surface area contributed by atoms with Gasteiger partial charge in [0.1, 0.15) is 12.1 Å². The molecule has 32 heavy (non-hydrogen) atoms. The van der Waals surface area contributed by atoms with Crippen LogP contribution in [0.15, 0.2) is 57.1 Å². The SMILES string of the molecule is NC(Cc1cnc(N=Nc2ccc(N=Nc3ncc(CC(N)C(=O)O)[nH]3)cc2)[nH]1)C(=O)O. The highest BCUT2D eigenvalue weighted by Crippen LogP contribution is 2.22. The highest BCUT2D eigenvalue weighted by atomic mass is 16.4. The van der Waals surface area contributed by atoms with Crippen molar-refractivity contribution in [2.75, 3.05) is 0 Å². The number of azo groups is 2. The number of imidazole rings is 2. The maximum Gasteiger partial charge on any atom is 0.320 e. The van der Waals surface area contributed by atoms with Gasteiger partial charge in [0.15, 0.2) is 0 Å². The maximum atomic E-state index is 10.8. The summed E-state index contributed by atoms with van der Waals surface area (Å²) in [6, 6.07) is 4.61. The minimum atomic E-state index is -1.10. The number of aromatic amines is 2. The summed E-state index contributed by atoms with van der Waals surface area (Å²) in [5.41, 5.74) is 13.1. The number of carboxylic acids is 2. The Kier molecular flexibility index (Phi) is 7.09. The smallest absolute Gasteiger partial charge is 0.320 e. The number of carbonyl (C=O) groups is 2. The van der Waals surface area contributed by atoms with Gasteiger partial charge in [0, 0.05) is 24.2 Å². The molecule has 0 aliphatic carbocycles. The molecule has 0 saturated heterocycles. The molecular formula is C18H20N10O4. The molecule has 1 aromatic carbocycles. The molecule has 0 saturated carbocycles. The van der Waals surface area contributed by atoms with E-state index < -0.39 is 24.0 Å². The van der Waals surface area contributed by atoms with Gasteiger partial charge in [-0.1, -0.05) is 0 Å². The van der Waals surface area contributed by atoms with Crippen LogP contribution in [0.1, 0.15) is 11.4 Å². The van der Waals surface area contributed by atoms with E-state index in [9.17, 15) is 9.59 Å². The van der Waals surface area contributed by atoms with Crippen LogP contribution in [0, 0.1) is 0 Å². The molecular weight excluding hydrogens is 420 g/mol. The Bertz CT molecular complexity index is 1050.